The summed E-state index contributed by atoms with van der Waals surface area (Å²) < 4.78 is 0.606. The molecule has 4 heteroatoms. The van der Waals surface area contributed by atoms with Gasteiger partial charge in [-0.2, -0.15) is 0 Å². The zero-order valence-electron chi connectivity index (χ0n) is 10.5. The number of hydrogen-bond acceptors (Lipinski definition) is 1. The maximum absolute atomic E-state index is 5.96. The van der Waals surface area contributed by atoms with Gasteiger partial charge in [0.25, 0.3) is 0 Å². The summed E-state index contributed by atoms with van der Waals surface area (Å²) in [4.78, 5) is 1.24. The summed E-state index contributed by atoms with van der Waals surface area (Å²) >= 11 is 15.5. The van der Waals surface area contributed by atoms with Gasteiger partial charge in [0.05, 0.1) is 0 Å². The Bertz CT molecular complexity index is 523. The normalized spacial score (nSPS) is 14.1. The molecule has 0 spiro atoms. The SMILES string of the molecule is CC([AsH2])C(Sc1ccc(Cl)cc1)c1ccc(Cl)cc1. The second kappa shape index (κ2) is 7.09. The number of rotatable bonds is 4. The maximum atomic E-state index is 5.96. The Morgan fingerprint density at radius 1 is 0.895 bits per heavy atom. The van der Waals surface area contributed by atoms with Crippen molar-refractivity contribution in [3.63, 3.8) is 0 Å². The average Bonchev–Trinajstić information content (AvgIpc) is 2.39. The predicted molar refractivity (Wildman–Crippen MR) is 89.5 cm³/mol. The summed E-state index contributed by atoms with van der Waals surface area (Å²) in [6.45, 7) is 2.27. The van der Waals surface area contributed by atoms with Crippen LogP contribution in [0.15, 0.2) is 53.4 Å². The van der Waals surface area contributed by atoms with Crippen molar-refractivity contribution in [3.8, 4) is 0 Å². The monoisotopic (exact) mass is 372 g/mol. The molecule has 2 rings (SSSR count). The fraction of sp³-hybridized carbons (Fsp3) is 0.200. The summed E-state index contributed by atoms with van der Waals surface area (Å²) in [6, 6.07) is 16.2. The molecule has 2 aromatic carbocycles. The van der Waals surface area contributed by atoms with Gasteiger partial charge < -0.3 is 0 Å². The molecule has 0 amide bonds. The minimum absolute atomic E-state index is 0.443. The van der Waals surface area contributed by atoms with E-state index in [2.05, 4.69) is 31.2 Å². The van der Waals surface area contributed by atoms with E-state index in [0.717, 1.165) is 10.0 Å². The number of benzene rings is 2. The number of thioether (sulfide) groups is 1. The van der Waals surface area contributed by atoms with Gasteiger partial charge >= 0.3 is 138 Å². The Kier molecular flexibility index (Phi) is 5.71. The van der Waals surface area contributed by atoms with Gasteiger partial charge in [0.2, 0.25) is 0 Å². The first-order chi connectivity index (χ1) is 9.06. The molecule has 0 aliphatic rings. The third-order valence-electron chi connectivity index (χ3n) is 2.75. The van der Waals surface area contributed by atoms with Crippen molar-refractivity contribution in [1.82, 2.24) is 0 Å². The van der Waals surface area contributed by atoms with E-state index in [-0.39, 0.29) is 0 Å². The molecule has 0 N–H and O–H groups in total. The molecule has 0 aromatic heterocycles. The van der Waals surface area contributed by atoms with Crippen molar-refractivity contribution < 1.29 is 0 Å². The van der Waals surface area contributed by atoms with Crippen LogP contribution in [-0.4, -0.2) is 16.9 Å². The molecule has 0 nitrogen and oxygen atoms in total. The van der Waals surface area contributed by atoms with Crippen LogP contribution in [0, 0.1) is 0 Å². The minimum atomic E-state index is 0.443. The molecule has 0 aliphatic heterocycles. The predicted octanol–water partition coefficient (Wildman–Crippen LogP) is 5.27. The number of hydrogen-bond donors (Lipinski definition) is 0. The average molecular weight is 373 g/mol. The van der Waals surface area contributed by atoms with Crippen molar-refractivity contribution in [3.05, 3.63) is 64.1 Å². The molecule has 0 aliphatic carbocycles. The van der Waals surface area contributed by atoms with Gasteiger partial charge in [-0.15, -0.1) is 0 Å². The summed E-state index contributed by atoms with van der Waals surface area (Å²) in [5.74, 6) is 0. The van der Waals surface area contributed by atoms with Crippen molar-refractivity contribution >= 4 is 51.8 Å². The molecular formula is C15H15AsCl2S. The standard InChI is InChI=1S/C15H15AsCl2S/c1-10(16)15(11-2-4-12(17)5-3-11)19-14-8-6-13(18)7-9-14/h2-10,15H,16H2,1H3. The van der Waals surface area contributed by atoms with Crippen molar-refractivity contribution in [1.29, 1.82) is 0 Å². The van der Waals surface area contributed by atoms with Crippen LogP contribution in [0.5, 0.6) is 0 Å². The first kappa shape index (κ1) is 15.3. The molecule has 3 unspecified atom stereocenters. The third-order valence-corrected chi connectivity index (χ3v) is 6.15. The van der Waals surface area contributed by atoms with E-state index in [0.29, 0.717) is 9.96 Å². The van der Waals surface area contributed by atoms with E-state index >= 15 is 0 Å². The quantitative estimate of drug-likeness (QED) is 0.520. The Morgan fingerprint density at radius 3 is 1.84 bits per heavy atom. The van der Waals surface area contributed by atoms with Gasteiger partial charge in [0.15, 0.2) is 0 Å². The number of halogens is 2. The van der Waals surface area contributed by atoms with E-state index in [4.69, 9.17) is 23.2 Å². The van der Waals surface area contributed by atoms with Crippen molar-refractivity contribution in [2.45, 2.75) is 21.8 Å². The van der Waals surface area contributed by atoms with Crippen LogP contribution in [-0.2, 0) is 0 Å². The molecule has 0 bridgehead atoms. The van der Waals surface area contributed by atoms with Crippen LogP contribution in [0.3, 0.4) is 0 Å². The molecule has 0 heterocycles. The fourth-order valence-corrected chi connectivity index (χ4v) is 4.10. The first-order valence-corrected chi connectivity index (χ1v) is 9.03. The third kappa shape index (κ3) is 4.46. The van der Waals surface area contributed by atoms with Gasteiger partial charge in [-0.1, -0.05) is 0 Å². The van der Waals surface area contributed by atoms with Crippen LogP contribution < -0.4 is 0 Å². The molecule has 3 atom stereocenters. The Labute approximate surface area is 137 Å². The van der Waals surface area contributed by atoms with Gasteiger partial charge in [-0.25, -0.2) is 0 Å². The zero-order valence-corrected chi connectivity index (χ0v) is 15.3. The van der Waals surface area contributed by atoms with Gasteiger partial charge in [0.1, 0.15) is 0 Å². The van der Waals surface area contributed by atoms with Gasteiger partial charge in [-0.3, -0.25) is 0 Å². The molecule has 0 saturated heterocycles. The van der Waals surface area contributed by atoms with E-state index < -0.39 is 0 Å². The Hall–Kier alpha value is -0.0716. The molecule has 19 heavy (non-hydrogen) atoms. The second-order valence-electron chi connectivity index (χ2n) is 4.40. The van der Waals surface area contributed by atoms with Crippen LogP contribution in [0.2, 0.25) is 14.8 Å². The van der Waals surface area contributed by atoms with Crippen molar-refractivity contribution in [2.75, 3.05) is 0 Å². The van der Waals surface area contributed by atoms with E-state index in [1.165, 1.54) is 10.5 Å². The second-order valence-corrected chi connectivity index (χ2v) is 8.70. The molecule has 0 radical (unpaired) electrons. The zero-order chi connectivity index (χ0) is 13.8. The van der Waals surface area contributed by atoms with Gasteiger partial charge in [0, 0.05) is 0 Å². The first-order valence-electron chi connectivity index (χ1n) is 5.99. The van der Waals surface area contributed by atoms with Gasteiger partial charge in [-0.05, 0) is 0 Å². The summed E-state index contributed by atoms with van der Waals surface area (Å²) in [5.41, 5.74) is 1.32. The Balaban J connectivity index is 2.21. The molecule has 0 fully saturated rings. The summed E-state index contributed by atoms with van der Waals surface area (Å²) in [6.07, 6.45) is 0. The summed E-state index contributed by atoms with van der Waals surface area (Å²) in [5, 5.41) is 2.01. The van der Waals surface area contributed by atoms with Crippen LogP contribution in [0.4, 0.5) is 0 Å². The van der Waals surface area contributed by atoms with E-state index in [1.54, 1.807) is 16.9 Å². The van der Waals surface area contributed by atoms with Crippen LogP contribution in [0.25, 0.3) is 0 Å². The van der Waals surface area contributed by atoms with Crippen LogP contribution in [0.1, 0.15) is 17.7 Å². The molecule has 2 aromatic rings. The molecule has 0 saturated carbocycles. The van der Waals surface area contributed by atoms with E-state index in [9.17, 15) is 0 Å². The molecule has 100 valence electrons. The fourth-order valence-electron chi connectivity index (χ4n) is 1.79. The molecular weight excluding hydrogens is 358 g/mol. The Morgan fingerprint density at radius 2 is 1.37 bits per heavy atom. The van der Waals surface area contributed by atoms with Crippen LogP contribution >= 0.6 is 35.0 Å². The van der Waals surface area contributed by atoms with Crippen molar-refractivity contribution in [2.24, 2.45) is 0 Å². The topological polar surface area (TPSA) is 0 Å². The van der Waals surface area contributed by atoms with E-state index in [1.807, 2.05) is 36.0 Å². The summed E-state index contributed by atoms with van der Waals surface area (Å²) in [7, 11) is 0.